The van der Waals surface area contributed by atoms with Gasteiger partial charge < -0.3 is 4.74 Å². The minimum atomic E-state index is -0.212. The molecule has 86 valence electrons. The van der Waals surface area contributed by atoms with Gasteiger partial charge in [0.1, 0.15) is 0 Å². The van der Waals surface area contributed by atoms with Crippen LogP contribution in [-0.4, -0.2) is 12.6 Å². The summed E-state index contributed by atoms with van der Waals surface area (Å²) in [6.07, 6.45) is 3.76. The number of carbonyl (C=O) groups is 1. The van der Waals surface area contributed by atoms with Crippen molar-refractivity contribution < 1.29 is 9.53 Å². The third-order valence-corrected chi connectivity index (χ3v) is 2.32. The molecule has 16 heavy (non-hydrogen) atoms. The van der Waals surface area contributed by atoms with Crippen LogP contribution in [0.5, 0.6) is 0 Å². The monoisotopic (exact) mass is 218 g/mol. The van der Waals surface area contributed by atoms with Crippen LogP contribution in [0.1, 0.15) is 25.8 Å². The van der Waals surface area contributed by atoms with Crippen LogP contribution in [0.2, 0.25) is 0 Å². The zero-order valence-electron chi connectivity index (χ0n) is 9.90. The number of carbonyl (C=O) groups excluding carboxylic acids is 1. The molecule has 0 aliphatic rings. The van der Waals surface area contributed by atoms with Gasteiger partial charge in [0.2, 0.25) is 0 Å². The quantitative estimate of drug-likeness (QED) is 0.560. The third-order valence-electron chi connectivity index (χ3n) is 2.32. The Hall–Kier alpha value is -1.57. The van der Waals surface area contributed by atoms with E-state index in [0.29, 0.717) is 12.2 Å². The lowest BCUT2D eigenvalue weighted by Gasteiger charge is -2.01. The molecule has 1 aromatic rings. The number of allylic oxidation sites excluding steroid dienone is 1. The Morgan fingerprint density at radius 3 is 2.62 bits per heavy atom. The Bertz CT molecular complexity index is 352. The Balaban J connectivity index is 2.39. The van der Waals surface area contributed by atoms with Gasteiger partial charge in [0, 0.05) is 5.57 Å². The lowest BCUT2D eigenvalue weighted by molar-refractivity contribution is -0.138. The Kier molecular flexibility index (Phi) is 5.34. The lowest BCUT2D eigenvalue weighted by atomic mass is 10.1. The van der Waals surface area contributed by atoms with Crippen molar-refractivity contribution in [2.24, 2.45) is 0 Å². The standard InChI is InChI=1S/C14H18O2/c1-3-16-14(15)12(2)8-7-11-13-9-5-4-6-10-13/h4-6,8-10H,3,7,11H2,1-2H3. The summed E-state index contributed by atoms with van der Waals surface area (Å²) in [6, 6.07) is 10.2. The number of rotatable bonds is 5. The summed E-state index contributed by atoms with van der Waals surface area (Å²) in [5.41, 5.74) is 1.98. The molecule has 2 nitrogen and oxygen atoms in total. The van der Waals surface area contributed by atoms with Gasteiger partial charge in [0.25, 0.3) is 0 Å². The van der Waals surface area contributed by atoms with E-state index in [9.17, 15) is 4.79 Å². The lowest BCUT2D eigenvalue weighted by Crippen LogP contribution is -2.05. The van der Waals surface area contributed by atoms with Crippen molar-refractivity contribution in [1.29, 1.82) is 0 Å². The van der Waals surface area contributed by atoms with Crippen molar-refractivity contribution in [2.75, 3.05) is 6.61 Å². The fourth-order valence-electron chi connectivity index (χ4n) is 1.43. The van der Waals surface area contributed by atoms with Crippen molar-refractivity contribution in [3.63, 3.8) is 0 Å². The number of aryl methyl sites for hydroxylation is 1. The van der Waals surface area contributed by atoms with Gasteiger partial charge in [-0.25, -0.2) is 4.79 Å². The van der Waals surface area contributed by atoms with E-state index in [1.165, 1.54) is 5.56 Å². The maximum absolute atomic E-state index is 11.3. The van der Waals surface area contributed by atoms with Crippen LogP contribution in [0.25, 0.3) is 0 Å². The molecule has 2 heteroatoms. The summed E-state index contributed by atoms with van der Waals surface area (Å²) in [5, 5.41) is 0. The summed E-state index contributed by atoms with van der Waals surface area (Å²) < 4.78 is 4.90. The normalized spacial score (nSPS) is 11.2. The van der Waals surface area contributed by atoms with Crippen molar-refractivity contribution in [2.45, 2.75) is 26.7 Å². The molecule has 0 radical (unpaired) electrons. The van der Waals surface area contributed by atoms with E-state index in [1.807, 2.05) is 31.2 Å². The van der Waals surface area contributed by atoms with Gasteiger partial charge in [-0.1, -0.05) is 36.4 Å². The highest BCUT2D eigenvalue weighted by Gasteiger charge is 2.02. The second-order valence-corrected chi connectivity index (χ2v) is 3.63. The van der Waals surface area contributed by atoms with Gasteiger partial charge in [-0.3, -0.25) is 0 Å². The SMILES string of the molecule is CCOC(=O)C(C)=CCCc1ccccc1. The molecular weight excluding hydrogens is 200 g/mol. The molecule has 0 bridgehead atoms. The molecule has 0 unspecified atom stereocenters. The summed E-state index contributed by atoms with van der Waals surface area (Å²) >= 11 is 0. The fraction of sp³-hybridized carbons (Fsp3) is 0.357. The number of esters is 1. The summed E-state index contributed by atoms with van der Waals surface area (Å²) in [4.78, 5) is 11.3. The van der Waals surface area contributed by atoms with E-state index in [-0.39, 0.29) is 5.97 Å². The van der Waals surface area contributed by atoms with Crippen molar-refractivity contribution >= 4 is 5.97 Å². The van der Waals surface area contributed by atoms with Crippen molar-refractivity contribution in [3.8, 4) is 0 Å². The minimum absolute atomic E-state index is 0.212. The van der Waals surface area contributed by atoms with E-state index in [2.05, 4.69) is 12.1 Å². The largest absolute Gasteiger partial charge is 0.463 e. The average molecular weight is 218 g/mol. The van der Waals surface area contributed by atoms with Gasteiger partial charge in [-0.15, -0.1) is 0 Å². The first-order valence-corrected chi connectivity index (χ1v) is 5.62. The van der Waals surface area contributed by atoms with Gasteiger partial charge in [0.15, 0.2) is 0 Å². The molecule has 0 saturated carbocycles. The molecule has 1 rings (SSSR count). The Labute approximate surface area is 96.9 Å². The molecule has 1 aromatic carbocycles. The maximum atomic E-state index is 11.3. The van der Waals surface area contributed by atoms with E-state index in [4.69, 9.17) is 4.74 Å². The molecule has 0 spiro atoms. The Morgan fingerprint density at radius 2 is 2.00 bits per heavy atom. The van der Waals surface area contributed by atoms with Gasteiger partial charge in [-0.2, -0.15) is 0 Å². The van der Waals surface area contributed by atoms with Crippen LogP contribution >= 0.6 is 0 Å². The predicted octanol–water partition coefficient (Wildman–Crippen LogP) is 3.13. The number of ether oxygens (including phenoxy) is 1. The van der Waals surface area contributed by atoms with Crippen LogP contribution < -0.4 is 0 Å². The first-order valence-electron chi connectivity index (χ1n) is 5.62. The highest BCUT2D eigenvalue weighted by molar-refractivity contribution is 5.87. The van der Waals surface area contributed by atoms with Gasteiger partial charge >= 0.3 is 5.97 Å². The van der Waals surface area contributed by atoms with Gasteiger partial charge in [0.05, 0.1) is 6.61 Å². The Morgan fingerprint density at radius 1 is 1.31 bits per heavy atom. The van der Waals surface area contributed by atoms with Gasteiger partial charge in [-0.05, 0) is 32.3 Å². The predicted molar refractivity (Wildman–Crippen MR) is 65.2 cm³/mol. The molecule has 0 N–H and O–H groups in total. The van der Waals surface area contributed by atoms with E-state index in [1.54, 1.807) is 6.92 Å². The van der Waals surface area contributed by atoms with E-state index >= 15 is 0 Å². The number of hydrogen-bond acceptors (Lipinski definition) is 2. The van der Waals surface area contributed by atoms with Crippen LogP contribution in [0, 0.1) is 0 Å². The van der Waals surface area contributed by atoms with Crippen molar-refractivity contribution in [3.05, 3.63) is 47.5 Å². The maximum Gasteiger partial charge on any atom is 0.333 e. The molecule has 0 saturated heterocycles. The zero-order valence-corrected chi connectivity index (χ0v) is 9.90. The first-order chi connectivity index (χ1) is 7.74. The molecule has 0 amide bonds. The smallest absolute Gasteiger partial charge is 0.333 e. The third kappa shape index (κ3) is 4.30. The number of hydrogen-bond donors (Lipinski definition) is 0. The zero-order chi connectivity index (χ0) is 11.8. The van der Waals surface area contributed by atoms with E-state index < -0.39 is 0 Å². The van der Waals surface area contributed by atoms with Crippen LogP contribution in [0.3, 0.4) is 0 Å². The summed E-state index contributed by atoms with van der Waals surface area (Å²) in [7, 11) is 0. The average Bonchev–Trinajstić information content (AvgIpc) is 2.30. The molecule has 0 aliphatic heterocycles. The number of benzene rings is 1. The van der Waals surface area contributed by atoms with Crippen LogP contribution in [0.4, 0.5) is 0 Å². The molecular formula is C14H18O2. The molecule has 0 aromatic heterocycles. The molecule has 0 fully saturated rings. The highest BCUT2D eigenvalue weighted by atomic mass is 16.5. The van der Waals surface area contributed by atoms with Crippen molar-refractivity contribution in [1.82, 2.24) is 0 Å². The van der Waals surface area contributed by atoms with Crippen LogP contribution in [0.15, 0.2) is 42.0 Å². The summed E-state index contributed by atoms with van der Waals surface area (Å²) in [5.74, 6) is -0.212. The second kappa shape index (κ2) is 6.83. The summed E-state index contributed by atoms with van der Waals surface area (Å²) in [6.45, 7) is 4.04. The molecule has 0 aliphatic carbocycles. The van der Waals surface area contributed by atoms with E-state index in [0.717, 1.165) is 12.8 Å². The molecule has 0 heterocycles. The minimum Gasteiger partial charge on any atom is -0.463 e. The molecule has 0 atom stereocenters. The van der Waals surface area contributed by atoms with Crippen LogP contribution in [-0.2, 0) is 16.0 Å². The first kappa shape index (κ1) is 12.5. The highest BCUT2D eigenvalue weighted by Crippen LogP contribution is 2.05. The topological polar surface area (TPSA) is 26.3 Å². The fourth-order valence-corrected chi connectivity index (χ4v) is 1.43. The second-order valence-electron chi connectivity index (χ2n) is 3.63.